The number of benzene rings is 1. The molecular formula is C20H28FNOS. The zero-order valence-corrected chi connectivity index (χ0v) is 16.2. The maximum absolute atomic E-state index is 14.4. The van der Waals surface area contributed by atoms with Crippen LogP contribution >= 0.6 is 11.3 Å². The lowest BCUT2D eigenvalue weighted by Gasteiger charge is -2.21. The topological polar surface area (TPSA) is 20.3 Å². The van der Waals surface area contributed by atoms with Crippen LogP contribution in [-0.2, 0) is 0 Å². The molecule has 0 saturated heterocycles. The van der Waals surface area contributed by atoms with Crippen molar-refractivity contribution in [1.82, 2.24) is 4.90 Å². The molecule has 4 heteroatoms. The molecule has 0 atom stereocenters. The molecule has 0 N–H and O–H groups in total. The van der Waals surface area contributed by atoms with Crippen molar-refractivity contribution in [3.05, 3.63) is 46.6 Å². The third-order valence-electron chi connectivity index (χ3n) is 3.50. The number of hydrogen-bond acceptors (Lipinski definition) is 2. The van der Waals surface area contributed by atoms with Gasteiger partial charge in [0.2, 0.25) is 0 Å². The third kappa shape index (κ3) is 5.17. The van der Waals surface area contributed by atoms with Gasteiger partial charge in [-0.2, -0.15) is 0 Å². The van der Waals surface area contributed by atoms with Gasteiger partial charge in [-0.05, 0) is 49.6 Å². The minimum absolute atomic E-state index is 0.166. The summed E-state index contributed by atoms with van der Waals surface area (Å²) < 4.78 is 14.4. The molecule has 0 unspecified atom stereocenters. The number of rotatable bonds is 6. The first-order valence-corrected chi connectivity index (χ1v) is 9.54. The van der Waals surface area contributed by atoms with E-state index in [-0.39, 0.29) is 11.5 Å². The molecular weight excluding hydrogens is 321 g/mol. The van der Waals surface area contributed by atoms with Crippen LogP contribution in [0.1, 0.15) is 55.8 Å². The normalized spacial score (nSPS) is 10.1. The molecule has 0 fully saturated rings. The lowest BCUT2D eigenvalue weighted by Crippen LogP contribution is -2.33. The summed E-state index contributed by atoms with van der Waals surface area (Å²) in [5, 5.41) is 0. The Morgan fingerprint density at radius 3 is 2.17 bits per heavy atom. The Morgan fingerprint density at radius 2 is 1.71 bits per heavy atom. The second-order valence-electron chi connectivity index (χ2n) is 5.40. The fraction of sp³-hybridized carbons (Fsp3) is 0.450. The highest BCUT2D eigenvalue weighted by molar-refractivity contribution is 7.15. The Kier molecular flexibility index (Phi) is 8.69. The average Bonchev–Trinajstić information content (AvgIpc) is 3.02. The molecule has 0 saturated carbocycles. The van der Waals surface area contributed by atoms with Crippen molar-refractivity contribution in [2.75, 3.05) is 13.1 Å². The summed E-state index contributed by atoms with van der Waals surface area (Å²) in [5.41, 5.74) is 0.989. The molecule has 2 aromatic rings. The Labute approximate surface area is 149 Å². The van der Waals surface area contributed by atoms with Crippen molar-refractivity contribution in [1.29, 1.82) is 0 Å². The molecule has 0 aliphatic carbocycles. The lowest BCUT2D eigenvalue weighted by atomic mass is 10.1. The van der Waals surface area contributed by atoms with Crippen LogP contribution in [0.25, 0.3) is 10.4 Å². The van der Waals surface area contributed by atoms with Crippen LogP contribution in [0.3, 0.4) is 0 Å². The summed E-state index contributed by atoms with van der Waals surface area (Å²) in [5.74, 6) is -0.652. The number of hydrogen-bond donors (Lipinski definition) is 0. The first-order valence-electron chi connectivity index (χ1n) is 8.72. The molecule has 0 radical (unpaired) electrons. The quantitative estimate of drug-likeness (QED) is 0.612. The van der Waals surface area contributed by atoms with Gasteiger partial charge < -0.3 is 4.90 Å². The molecule has 2 nitrogen and oxygen atoms in total. The van der Waals surface area contributed by atoms with E-state index in [0.717, 1.165) is 23.3 Å². The smallest absolute Gasteiger partial charge is 0.256 e. The molecule has 0 aliphatic heterocycles. The van der Waals surface area contributed by atoms with Crippen LogP contribution in [0.5, 0.6) is 0 Å². The van der Waals surface area contributed by atoms with Gasteiger partial charge in [0.15, 0.2) is 0 Å². The minimum Gasteiger partial charge on any atom is -0.339 e. The van der Waals surface area contributed by atoms with E-state index in [9.17, 15) is 9.18 Å². The summed E-state index contributed by atoms with van der Waals surface area (Å²) in [6.45, 7) is 11.4. The molecule has 2 rings (SSSR count). The van der Waals surface area contributed by atoms with E-state index in [1.807, 2.05) is 52.8 Å². The van der Waals surface area contributed by atoms with Crippen LogP contribution in [0, 0.1) is 12.7 Å². The van der Waals surface area contributed by atoms with Gasteiger partial charge in [-0.3, -0.25) is 4.79 Å². The van der Waals surface area contributed by atoms with E-state index < -0.39 is 5.82 Å². The van der Waals surface area contributed by atoms with Crippen molar-refractivity contribution in [3.8, 4) is 10.4 Å². The Bertz CT molecular complexity index is 645. The first-order chi connectivity index (χ1) is 11.6. The van der Waals surface area contributed by atoms with Crippen LogP contribution in [0.2, 0.25) is 0 Å². The van der Waals surface area contributed by atoms with Gasteiger partial charge in [-0.25, -0.2) is 4.39 Å². The second-order valence-corrected chi connectivity index (χ2v) is 6.69. The van der Waals surface area contributed by atoms with E-state index >= 15 is 0 Å². The second kappa shape index (κ2) is 10.2. The van der Waals surface area contributed by atoms with Crippen LogP contribution < -0.4 is 0 Å². The Morgan fingerprint density at radius 1 is 1.08 bits per heavy atom. The molecule has 0 bridgehead atoms. The molecule has 24 heavy (non-hydrogen) atoms. The fourth-order valence-corrected chi connectivity index (χ4v) is 3.32. The van der Waals surface area contributed by atoms with Gasteiger partial charge in [0.1, 0.15) is 5.82 Å². The van der Waals surface area contributed by atoms with E-state index in [4.69, 9.17) is 0 Å². The van der Waals surface area contributed by atoms with Gasteiger partial charge in [-0.15, -0.1) is 11.3 Å². The number of carbonyl (C=O) groups is 1. The Balaban J connectivity index is 0.00000139. The molecule has 1 aromatic heterocycles. The van der Waals surface area contributed by atoms with Gasteiger partial charge in [-0.1, -0.05) is 33.8 Å². The van der Waals surface area contributed by atoms with Crippen LogP contribution in [-0.4, -0.2) is 23.9 Å². The summed E-state index contributed by atoms with van der Waals surface area (Å²) >= 11 is 1.62. The van der Waals surface area contributed by atoms with Crippen LogP contribution in [0.15, 0.2) is 30.3 Å². The van der Waals surface area contributed by atoms with Gasteiger partial charge in [0, 0.05) is 22.8 Å². The van der Waals surface area contributed by atoms with Gasteiger partial charge in [0.25, 0.3) is 5.91 Å². The predicted molar refractivity (Wildman–Crippen MR) is 102 cm³/mol. The molecule has 1 heterocycles. The van der Waals surface area contributed by atoms with E-state index in [1.165, 1.54) is 10.9 Å². The fourth-order valence-electron chi connectivity index (χ4n) is 2.46. The molecule has 0 aliphatic rings. The van der Waals surface area contributed by atoms with Crippen molar-refractivity contribution >= 4 is 17.2 Å². The molecule has 1 aromatic carbocycles. The van der Waals surface area contributed by atoms with Crippen molar-refractivity contribution < 1.29 is 9.18 Å². The summed E-state index contributed by atoms with van der Waals surface area (Å²) in [4.78, 5) is 16.4. The highest BCUT2D eigenvalue weighted by atomic mass is 32.1. The van der Waals surface area contributed by atoms with Crippen molar-refractivity contribution in [3.63, 3.8) is 0 Å². The number of amides is 1. The SMILES string of the molecule is CC.CCCN(CCC)C(=O)c1ccc(-c2ccc(C)s2)cc1F. The molecule has 132 valence electrons. The number of carbonyl (C=O) groups excluding carboxylic acids is 1. The van der Waals surface area contributed by atoms with Gasteiger partial charge >= 0.3 is 0 Å². The zero-order valence-electron chi connectivity index (χ0n) is 15.4. The maximum atomic E-state index is 14.4. The summed E-state index contributed by atoms with van der Waals surface area (Å²) in [6.07, 6.45) is 1.75. The standard InChI is InChI=1S/C18H22FNOS.C2H6/c1-4-10-20(11-5-2)18(21)15-8-7-14(12-16(15)19)17-9-6-13(3)22-17;1-2/h6-9,12H,4-5,10-11H2,1-3H3;1-2H3. The highest BCUT2D eigenvalue weighted by Crippen LogP contribution is 2.29. The number of aryl methyl sites for hydroxylation is 1. The van der Waals surface area contributed by atoms with E-state index in [0.29, 0.717) is 13.1 Å². The molecule has 1 amide bonds. The summed E-state index contributed by atoms with van der Waals surface area (Å²) in [7, 11) is 0. The number of halogens is 1. The number of thiophene rings is 1. The van der Waals surface area contributed by atoms with E-state index in [1.54, 1.807) is 22.3 Å². The minimum atomic E-state index is -0.439. The van der Waals surface area contributed by atoms with E-state index in [2.05, 4.69) is 0 Å². The summed E-state index contributed by atoms with van der Waals surface area (Å²) in [6, 6.07) is 8.91. The average molecular weight is 350 g/mol. The predicted octanol–water partition coefficient (Wildman–Crippen LogP) is 6.15. The Hall–Kier alpha value is -1.68. The van der Waals surface area contributed by atoms with Crippen molar-refractivity contribution in [2.45, 2.75) is 47.5 Å². The zero-order chi connectivity index (χ0) is 18.1. The largest absolute Gasteiger partial charge is 0.339 e. The van der Waals surface area contributed by atoms with Crippen LogP contribution in [0.4, 0.5) is 4.39 Å². The van der Waals surface area contributed by atoms with Crippen molar-refractivity contribution in [2.24, 2.45) is 0 Å². The lowest BCUT2D eigenvalue weighted by molar-refractivity contribution is 0.0751. The monoisotopic (exact) mass is 349 g/mol. The first kappa shape index (κ1) is 20.4. The third-order valence-corrected chi connectivity index (χ3v) is 4.55. The molecule has 0 spiro atoms. The highest BCUT2D eigenvalue weighted by Gasteiger charge is 2.18. The van der Waals surface area contributed by atoms with Gasteiger partial charge in [0.05, 0.1) is 5.56 Å². The number of nitrogens with zero attached hydrogens (tertiary/aromatic N) is 1. The maximum Gasteiger partial charge on any atom is 0.256 e.